The molecule has 0 saturated carbocycles. The lowest BCUT2D eigenvalue weighted by Gasteiger charge is -2.26. The number of ether oxygens (including phenoxy) is 6. The Bertz CT molecular complexity index is 1520. The lowest BCUT2D eigenvalue weighted by molar-refractivity contribution is -0.119. The highest BCUT2D eigenvalue weighted by Crippen LogP contribution is 2.37. The fourth-order valence-electron chi connectivity index (χ4n) is 3.83. The summed E-state index contributed by atoms with van der Waals surface area (Å²) in [5.74, 6) is 1.42. The van der Waals surface area contributed by atoms with Crippen molar-refractivity contribution in [2.45, 2.75) is 11.8 Å². The molecule has 0 bridgehead atoms. The second kappa shape index (κ2) is 13.6. The van der Waals surface area contributed by atoms with E-state index < -0.39 is 22.5 Å². The monoisotopic (exact) mass is 587 g/mol. The van der Waals surface area contributed by atoms with E-state index in [0.717, 1.165) is 4.31 Å². The van der Waals surface area contributed by atoms with Crippen LogP contribution in [-0.2, 0) is 14.8 Å². The Kier molecular flexibility index (Phi) is 10.3. The highest BCUT2D eigenvalue weighted by Gasteiger charge is 2.31. The Hall–Kier alpha value is -4.65. The molecule has 0 aromatic heterocycles. The molecule has 0 heterocycles. The van der Waals surface area contributed by atoms with Crippen LogP contribution in [0.2, 0.25) is 0 Å². The Morgan fingerprint density at radius 2 is 1.29 bits per heavy atom. The molecule has 0 fully saturated rings. The molecule has 3 rings (SSSR count). The molecule has 0 radical (unpaired) electrons. The first-order chi connectivity index (χ1) is 19.6. The summed E-state index contributed by atoms with van der Waals surface area (Å²) in [6, 6.07) is 13.9. The van der Waals surface area contributed by atoms with Gasteiger partial charge in [0.15, 0.2) is 23.0 Å². The Balaban J connectivity index is 2.01. The first-order valence-corrected chi connectivity index (χ1v) is 13.6. The zero-order valence-corrected chi connectivity index (χ0v) is 24.7. The lowest BCUT2D eigenvalue weighted by atomic mass is 10.1. The predicted molar refractivity (Wildman–Crippen MR) is 154 cm³/mol. The molecule has 0 atom stereocenters. The molecule has 3 aromatic carbocycles. The largest absolute Gasteiger partial charge is 0.497 e. The number of carbonyl (C=O) groups excluding carboxylic acids is 1. The van der Waals surface area contributed by atoms with Gasteiger partial charge in [-0.25, -0.2) is 13.8 Å². The molecule has 0 saturated heterocycles. The minimum atomic E-state index is -4.35. The van der Waals surface area contributed by atoms with Crippen LogP contribution < -0.4 is 38.2 Å². The van der Waals surface area contributed by atoms with Crippen molar-refractivity contribution in [2.75, 3.05) is 53.5 Å². The number of nitrogens with zero attached hydrogens (tertiary/aromatic N) is 2. The van der Waals surface area contributed by atoms with Gasteiger partial charge in [-0.3, -0.25) is 9.10 Å². The van der Waals surface area contributed by atoms with Crippen LogP contribution >= 0.6 is 0 Å². The van der Waals surface area contributed by atoms with Crippen molar-refractivity contribution >= 4 is 27.3 Å². The molecular weight excluding hydrogens is 554 g/mol. The number of rotatable bonds is 13. The number of methoxy groups -OCH3 is 6. The van der Waals surface area contributed by atoms with Gasteiger partial charge < -0.3 is 28.4 Å². The SMILES string of the molecule is COc1ccc(OC)c(N(CC(=O)N/N=C(/C)c2ccc(OC)c(OC)c2)S(=O)(=O)c2ccc(OC)c(OC)c2)c1. The number of hydrazone groups is 1. The van der Waals surface area contributed by atoms with Crippen molar-refractivity contribution < 1.29 is 41.6 Å². The normalized spacial score (nSPS) is 11.3. The number of nitrogens with one attached hydrogen (secondary N) is 1. The van der Waals surface area contributed by atoms with Crippen molar-refractivity contribution in [3.63, 3.8) is 0 Å². The third-order valence-corrected chi connectivity index (χ3v) is 7.79. The molecule has 0 aliphatic rings. The fourth-order valence-corrected chi connectivity index (χ4v) is 5.27. The Labute approximate surface area is 239 Å². The molecule has 1 amide bonds. The third-order valence-electron chi connectivity index (χ3n) is 6.03. The van der Waals surface area contributed by atoms with Crippen LogP contribution in [0.4, 0.5) is 5.69 Å². The van der Waals surface area contributed by atoms with Gasteiger partial charge >= 0.3 is 0 Å². The highest BCUT2D eigenvalue weighted by molar-refractivity contribution is 7.92. The molecule has 13 heteroatoms. The van der Waals surface area contributed by atoms with Crippen LogP contribution in [0.5, 0.6) is 34.5 Å². The van der Waals surface area contributed by atoms with Crippen LogP contribution in [0.3, 0.4) is 0 Å². The van der Waals surface area contributed by atoms with Gasteiger partial charge in [0, 0.05) is 17.7 Å². The summed E-state index contributed by atoms with van der Waals surface area (Å²) in [4.78, 5) is 13.0. The van der Waals surface area contributed by atoms with Crippen LogP contribution in [0, 0.1) is 0 Å². The van der Waals surface area contributed by atoms with E-state index in [9.17, 15) is 13.2 Å². The first kappa shape index (κ1) is 30.9. The third kappa shape index (κ3) is 6.92. The Morgan fingerprint density at radius 3 is 1.88 bits per heavy atom. The van der Waals surface area contributed by atoms with E-state index in [2.05, 4.69) is 10.5 Å². The van der Waals surface area contributed by atoms with Crippen LogP contribution in [0.15, 0.2) is 64.6 Å². The predicted octanol–water partition coefficient (Wildman–Crippen LogP) is 3.47. The summed E-state index contributed by atoms with van der Waals surface area (Å²) in [6.07, 6.45) is 0. The molecule has 1 N–H and O–H groups in total. The van der Waals surface area contributed by atoms with E-state index in [4.69, 9.17) is 28.4 Å². The number of benzene rings is 3. The van der Waals surface area contributed by atoms with Crippen molar-refractivity contribution in [1.82, 2.24) is 5.43 Å². The molecule has 41 heavy (non-hydrogen) atoms. The second-order valence-corrected chi connectivity index (χ2v) is 10.2. The minimum Gasteiger partial charge on any atom is -0.497 e. The molecule has 0 unspecified atom stereocenters. The second-order valence-electron chi connectivity index (χ2n) is 8.37. The maximum Gasteiger partial charge on any atom is 0.265 e. The molecular formula is C28H33N3O9S. The van der Waals surface area contributed by atoms with Gasteiger partial charge in [-0.15, -0.1) is 0 Å². The van der Waals surface area contributed by atoms with Crippen molar-refractivity contribution in [1.29, 1.82) is 0 Å². The van der Waals surface area contributed by atoms with E-state index in [0.29, 0.717) is 34.3 Å². The number of hydrogen-bond donors (Lipinski definition) is 1. The number of amides is 1. The number of sulfonamides is 1. The number of anilines is 1. The molecule has 0 aliphatic heterocycles. The van der Waals surface area contributed by atoms with Gasteiger partial charge in [0.25, 0.3) is 15.9 Å². The molecule has 220 valence electrons. The number of carbonyl (C=O) groups is 1. The van der Waals surface area contributed by atoms with Gasteiger partial charge in [-0.2, -0.15) is 5.10 Å². The van der Waals surface area contributed by atoms with Crippen molar-refractivity contribution in [2.24, 2.45) is 5.10 Å². The van der Waals surface area contributed by atoms with Crippen LogP contribution in [0.25, 0.3) is 0 Å². The average Bonchev–Trinajstić information content (AvgIpc) is 3.01. The van der Waals surface area contributed by atoms with Crippen molar-refractivity contribution in [3.05, 3.63) is 60.2 Å². The summed E-state index contributed by atoms with van der Waals surface area (Å²) in [5.41, 5.74) is 3.62. The quantitative estimate of drug-likeness (QED) is 0.236. The zero-order chi connectivity index (χ0) is 30.2. The lowest BCUT2D eigenvalue weighted by Crippen LogP contribution is -2.40. The van der Waals surface area contributed by atoms with E-state index in [1.807, 2.05) is 0 Å². The standard InChI is InChI=1S/C28H33N3O9S/c1-18(19-8-11-24(37-4)26(14-19)39-6)29-30-28(32)17-31(22-15-20(35-2)9-12-23(22)36-3)41(33,34)21-10-13-25(38-5)27(16-21)40-7/h8-16H,17H2,1-7H3,(H,30,32)/b29-18-. The van der Waals surface area contributed by atoms with E-state index in [1.54, 1.807) is 37.3 Å². The van der Waals surface area contributed by atoms with E-state index in [1.165, 1.54) is 66.9 Å². The van der Waals surface area contributed by atoms with Gasteiger partial charge in [0.1, 0.15) is 18.0 Å². The molecule has 0 spiro atoms. The van der Waals surface area contributed by atoms with Gasteiger partial charge in [0.2, 0.25) is 0 Å². The van der Waals surface area contributed by atoms with Gasteiger partial charge in [-0.05, 0) is 49.4 Å². The molecule has 12 nitrogen and oxygen atoms in total. The summed E-state index contributed by atoms with van der Waals surface area (Å²) in [7, 11) is 4.35. The smallest absolute Gasteiger partial charge is 0.265 e. The topological polar surface area (TPSA) is 134 Å². The molecule has 0 aliphatic carbocycles. The molecule has 3 aromatic rings. The number of hydrogen-bond acceptors (Lipinski definition) is 10. The van der Waals surface area contributed by atoms with Gasteiger partial charge in [0.05, 0.1) is 59.0 Å². The van der Waals surface area contributed by atoms with Gasteiger partial charge in [-0.1, -0.05) is 0 Å². The summed E-state index contributed by atoms with van der Waals surface area (Å²) < 4.78 is 60.7. The summed E-state index contributed by atoms with van der Waals surface area (Å²) >= 11 is 0. The van der Waals surface area contributed by atoms with Crippen LogP contribution in [-0.4, -0.2) is 69.2 Å². The van der Waals surface area contributed by atoms with Crippen LogP contribution in [0.1, 0.15) is 12.5 Å². The maximum atomic E-state index is 14.0. The minimum absolute atomic E-state index is 0.0809. The summed E-state index contributed by atoms with van der Waals surface area (Å²) in [5, 5.41) is 4.16. The average molecular weight is 588 g/mol. The van der Waals surface area contributed by atoms with Crippen molar-refractivity contribution in [3.8, 4) is 34.5 Å². The van der Waals surface area contributed by atoms with E-state index in [-0.39, 0.29) is 22.1 Å². The summed E-state index contributed by atoms with van der Waals surface area (Å²) in [6.45, 7) is 1.05. The highest BCUT2D eigenvalue weighted by atomic mass is 32.2. The maximum absolute atomic E-state index is 14.0. The zero-order valence-electron chi connectivity index (χ0n) is 23.9. The Morgan fingerprint density at radius 1 is 0.732 bits per heavy atom. The fraction of sp³-hybridized carbons (Fsp3) is 0.286. The first-order valence-electron chi connectivity index (χ1n) is 12.2. The van der Waals surface area contributed by atoms with E-state index >= 15 is 0 Å².